The Hall–Kier alpha value is -3.37. The van der Waals surface area contributed by atoms with Gasteiger partial charge in [-0.15, -0.1) is 0 Å². The summed E-state index contributed by atoms with van der Waals surface area (Å²) < 4.78 is 77.3. The summed E-state index contributed by atoms with van der Waals surface area (Å²) in [6, 6.07) is 12.3. The summed E-state index contributed by atoms with van der Waals surface area (Å²) in [4.78, 5) is 11.6. The Morgan fingerprint density at radius 3 is 2.58 bits per heavy atom. The topological polar surface area (TPSA) is 88.1 Å². The fraction of sp³-hybridized carbons (Fsp3) is 0.296. The van der Waals surface area contributed by atoms with Gasteiger partial charge in [0.05, 0.1) is 29.4 Å². The molecule has 1 heterocycles. The molecule has 0 amide bonds. The van der Waals surface area contributed by atoms with Crippen LogP contribution in [0, 0.1) is 11.6 Å². The third kappa shape index (κ3) is 5.86. The third-order valence-corrected chi connectivity index (χ3v) is 8.73. The molecule has 0 fully saturated rings. The van der Waals surface area contributed by atoms with Crippen molar-refractivity contribution in [1.29, 1.82) is 0 Å². The van der Waals surface area contributed by atoms with Gasteiger partial charge in [-0.1, -0.05) is 17.7 Å². The number of sulfone groups is 1. The third-order valence-electron chi connectivity index (χ3n) is 6.27. The summed E-state index contributed by atoms with van der Waals surface area (Å²) in [5.74, 6) is -1.31. The average molecular weight is 567 g/mol. The van der Waals surface area contributed by atoms with E-state index < -0.39 is 38.8 Å². The lowest BCUT2D eigenvalue weighted by atomic mass is 9.98. The van der Waals surface area contributed by atoms with Crippen LogP contribution in [-0.2, 0) is 26.0 Å². The van der Waals surface area contributed by atoms with Gasteiger partial charge >= 0.3 is 5.97 Å². The van der Waals surface area contributed by atoms with Crippen molar-refractivity contribution in [2.75, 3.05) is 14.2 Å². The lowest BCUT2D eigenvalue weighted by molar-refractivity contribution is -0.141. The molecule has 2 atom stereocenters. The van der Waals surface area contributed by atoms with Crippen LogP contribution in [0.4, 0.5) is 8.78 Å². The molecule has 0 N–H and O–H groups in total. The SMILES string of the molecule is COC(=O)CCC1CC(S(=O)(=O)c2ccc(F)c(OC)c2)c2cc(OCc3c(F)cccc3Cl)ccc2O1. The summed E-state index contributed by atoms with van der Waals surface area (Å²) in [6.07, 6.45) is -0.311. The van der Waals surface area contributed by atoms with Gasteiger partial charge in [-0.05, 0) is 48.9 Å². The molecule has 0 radical (unpaired) electrons. The Kier molecular flexibility index (Phi) is 8.42. The maximum Gasteiger partial charge on any atom is 0.305 e. The molecule has 38 heavy (non-hydrogen) atoms. The minimum atomic E-state index is -4.08. The molecule has 3 aromatic rings. The Morgan fingerprint density at radius 2 is 1.87 bits per heavy atom. The van der Waals surface area contributed by atoms with Crippen molar-refractivity contribution in [1.82, 2.24) is 0 Å². The molecule has 4 rings (SSSR count). The van der Waals surface area contributed by atoms with Crippen molar-refractivity contribution < 1.29 is 40.9 Å². The molecule has 0 spiro atoms. The highest BCUT2D eigenvalue weighted by atomic mass is 35.5. The molecule has 0 saturated heterocycles. The maximum atomic E-state index is 14.2. The van der Waals surface area contributed by atoms with Gasteiger partial charge in [0.25, 0.3) is 0 Å². The summed E-state index contributed by atoms with van der Waals surface area (Å²) in [7, 11) is -1.57. The van der Waals surface area contributed by atoms with Crippen LogP contribution in [0.15, 0.2) is 59.5 Å². The molecule has 202 valence electrons. The number of halogens is 3. The number of ether oxygens (including phenoxy) is 4. The van der Waals surface area contributed by atoms with E-state index in [1.165, 1.54) is 44.6 Å². The van der Waals surface area contributed by atoms with Crippen molar-refractivity contribution in [3.05, 3.63) is 82.4 Å². The summed E-state index contributed by atoms with van der Waals surface area (Å²) in [6.45, 7) is -0.181. The number of carbonyl (C=O) groups excluding carboxylic acids is 1. The number of benzene rings is 3. The van der Waals surface area contributed by atoms with Crippen molar-refractivity contribution in [2.24, 2.45) is 0 Å². The molecule has 3 aromatic carbocycles. The Morgan fingerprint density at radius 1 is 1.08 bits per heavy atom. The van der Waals surface area contributed by atoms with Crippen molar-refractivity contribution in [3.63, 3.8) is 0 Å². The number of hydrogen-bond acceptors (Lipinski definition) is 7. The molecule has 1 aliphatic rings. The van der Waals surface area contributed by atoms with E-state index >= 15 is 0 Å². The van der Waals surface area contributed by atoms with Gasteiger partial charge in [-0.25, -0.2) is 17.2 Å². The van der Waals surface area contributed by atoms with Gasteiger partial charge in [0.1, 0.15) is 30.0 Å². The number of carbonyl (C=O) groups is 1. The quantitative estimate of drug-likeness (QED) is 0.238. The van der Waals surface area contributed by atoms with Gasteiger partial charge in [-0.3, -0.25) is 4.79 Å². The monoisotopic (exact) mass is 566 g/mol. The zero-order valence-electron chi connectivity index (χ0n) is 20.6. The van der Waals surface area contributed by atoms with Crippen LogP contribution in [0.25, 0.3) is 0 Å². The molecule has 11 heteroatoms. The Labute approximate surface area is 224 Å². The highest BCUT2D eigenvalue weighted by Crippen LogP contribution is 2.45. The second-order valence-electron chi connectivity index (χ2n) is 8.61. The average Bonchev–Trinajstić information content (AvgIpc) is 2.91. The van der Waals surface area contributed by atoms with Crippen LogP contribution in [0.2, 0.25) is 5.02 Å². The van der Waals surface area contributed by atoms with E-state index in [1.54, 1.807) is 12.1 Å². The van der Waals surface area contributed by atoms with E-state index in [0.29, 0.717) is 11.3 Å². The molecule has 0 saturated carbocycles. The van der Waals surface area contributed by atoms with Crippen LogP contribution in [-0.4, -0.2) is 34.7 Å². The van der Waals surface area contributed by atoms with E-state index in [4.69, 9.17) is 30.5 Å². The van der Waals surface area contributed by atoms with E-state index in [-0.39, 0.29) is 52.8 Å². The largest absolute Gasteiger partial charge is 0.494 e. The standard InChI is InChI=1S/C27H25ClF2O7S/c1-34-25-14-18(8-9-23(25)30)38(32,33)26-13-17(7-11-27(31)35-2)37-24-10-6-16(12-19(24)26)36-15-20-21(28)4-3-5-22(20)29/h3-6,8-10,12,14,17,26H,7,11,13,15H2,1-2H3. The normalized spacial score (nSPS) is 16.8. The first-order valence-electron chi connectivity index (χ1n) is 11.6. The van der Waals surface area contributed by atoms with Gasteiger partial charge in [0, 0.05) is 30.0 Å². The summed E-state index contributed by atoms with van der Waals surface area (Å²) in [5, 5.41) is -0.907. The fourth-order valence-electron chi connectivity index (χ4n) is 4.23. The molecular weight excluding hydrogens is 542 g/mol. The molecule has 0 aliphatic carbocycles. The van der Waals surface area contributed by atoms with Crippen LogP contribution < -0.4 is 14.2 Å². The van der Waals surface area contributed by atoms with Gasteiger partial charge in [-0.2, -0.15) is 0 Å². The summed E-state index contributed by atoms with van der Waals surface area (Å²) in [5.41, 5.74) is 0.480. The smallest absolute Gasteiger partial charge is 0.305 e. The molecule has 7 nitrogen and oxygen atoms in total. The fourth-order valence-corrected chi connectivity index (χ4v) is 6.29. The maximum absolute atomic E-state index is 14.2. The molecule has 0 bridgehead atoms. The van der Waals surface area contributed by atoms with E-state index in [1.807, 2.05) is 0 Å². The molecule has 0 aromatic heterocycles. The molecular formula is C27H25ClF2O7S. The highest BCUT2D eigenvalue weighted by molar-refractivity contribution is 7.91. The first kappa shape index (κ1) is 27.7. The number of esters is 1. The first-order valence-corrected chi connectivity index (χ1v) is 13.6. The van der Waals surface area contributed by atoms with E-state index in [9.17, 15) is 22.0 Å². The predicted molar refractivity (Wildman–Crippen MR) is 135 cm³/mol. The zero-order chi connectivity index (χ0) is 27.4. The van der Waals surface area contributed by atoms with Crippen LogP contribution in [0.1, 0.15) is 35.6 Å². The van der Waals surface area contributed by atoms with Gasteiger partial charge < -0.3 is 18.9 Å². The van der Waals surface area contributed by atoms with E-state index in [0.717, 1.165) is 12.1 Å². The van der Waals surface area contributed by atoms with Gasteiger partial charge in [0.2, 0.25) is 0 Å². The number of hydrogen-bond donors (Lipinski definition) is 0. The Balaban J connectivity index is 1.69. The number of fused-ring (bicyclic) bond motifs is 1. The lowest BCUT2D eigenvalue weighted by Gasteiger charge is -2.32. The minimum Gasteiger partial charge on any atom is -0.494 e. The second-order valence-corrected chi connectivity index (χ2v) is 11.1. The summed E-state index contributed by atoms with van der Waals surface area (Å²) >= 11 is 6.09. The van der Waals surface area contributed by atoms with Crippen molar-refractivity contribution >= 4 is 27.4 Å². The minimum absolute atomic E-state index is 0.0224. The van der Waals surface area contributed by atoms with Crippen LogP contribution in [0.5, 0.6) is 17.2 Å². The predicted octanol–water partition coefficient (Wildman–Crippen LogP) is 5.83. The van der Waals surface area contributed by atoms with Crippen LogP contribution in [0.3, 0.4) is 0 Å². The lowest BCUT2D eigenvalue weighted by Crippen LogP contribution is -2.30. The zero-order valence-corrected chi connectivity index (χ0v) is 22.2. The molecule has 1 aliphatic heterocycles. The number of rotatable bonds is 9. The number of methoxy groups -OCH3 is 2. The van der Waals surface area contributed by atoms with Crippen molar-refractivity contribution in [3.8, 4) is 17.2 Å². The highest BCUT2D eigenvalue weighted by Gasteiger charge is 2.39. The molecule has 2 unspecified atom stereocenters. The van der Waals surface area contributed by atoms with Crippen molar-refractivity contribution in [2.45, 2.75) is 42.1 Å². The van der Waals surface area contributed by atoms with Gasteiger partial charge in [0.15, 0.2) is 21.4 Å². The first-order chi connectivity index (χ1) is 18.1. The second kappa shape index (κ2) is 11.6. The van der Waals surface area contributed by atoms with E-state index in [2.05, 4.69) is 0 Å². The Bertz CT molecular complexity index is 1430. The van der Waals surface area contributed by atoms with Crippen LogP contribution >= 0.6 is 11.6 Å².